The summed E-state index contributed by atoms with van der Waals surface area (Å²) in [6.07, 6.45) is 0. The summed E-state index contributed by atoms with van der Waals surface area (Å²) in [6, 6.07) is 4.42. The predicted molar refractivity (Wildman–Crippen MR) is 92.1 cm³/mol. The van der Waals surface area contributed by atoms with Gasteiger partial charge in [-0.25, -0.2) is 4.39 Å². The highest BCUT2D eigenvalue weighted by Crippen LogP contribution is 2.25. The number of pyridine rings is 1. The van der Waals surface area contributed by atoms with Gasteiger partial charge in [0.1, 0.15) is 11.5 Å². The summed E-state index contributed by atoms with van der Waals surface area (Å²) in [5, 5.41) is 2.26. The van der Waals surface area contributed by atoms with Gasteiger partial charge >= 0.3 is 0 Å². The monoisotopic (exact) mass is 386 g/mol. The molecule has 9 heteroatoms. The molecule has 1 aliphatic heterocycles. The highest BCUT2D eigenvalue weighted by Gasteiger charge is 2.21. The van der Waals surface area contributed by atoms with Crippen molar-refractivity contribution >= 4 is 11.4 Å². The smallest absolute Gasteiger partial charge is 0.253 e. The van der Waals surface area contributed by atoms with Crippen LogP contribution in [-0.2, 0) is 6.54 Å². The average molecular weight is 386 g/mol. The first-order chi connectivity index (χ1) is 12.9. The minimum absolute atomic E-state index is 0.211. The number of aromatic nitrogens is 1. The first kappa shape index (κ1) is 19.3. The van der Waals surface area contributed by atoms with Crippen molar-refractivity contribution in [1.82, 2.24) is 9.88 Å². The fourth-order valence-corrected chi connectivity index (χ4v) is 3.05. The first-order valence-corrected chi connectivity index (χ1v) is 8.60. The van der Waals surface area contributed by atoms with Crippen LogP contribution >= 0.6 is 0 Å². The molecule has 1 fully saturated rings. The molecule has 146 valence electrons. The lowest BCUT2D eigenvalue weighted by molar-refractivity contribution is 0.270. The molecule has 1 aromatic heterocycles. The van der Waals surface area contributed by atoms with E-state index in [-0.39, 0.29) is 6.54 Å². The summed E-state index contributed by atoms with van der Waals surface area (Å²) in [7, 11) is 0. The van der Waals surface area contributed by atoms with Crippen LogP contribution in [0.1, 0.15) is 12.5 Å². The van der Waals surface area contributed by atoms with E-state index in [1.165, 1.54) is 6.07 Å². The van der Waals surface area contributed by atoms with Gasteiger partial charge in [-0.15, -0.1) is 0 Å². The number of benzene rings is 1. The molecule has 4 nitrogen and oxygen atoms in total. The number of nitrogens with zero attached hydrogens (tertiary/aromatic N) is 3. The van der Waals surface area contributed by atoms with Crippen molar-refractivity contribution in [2.75, 3.05) is 42.9 Å². The third-order valence-corrected chi connectivity index (χ3v) is 4.64. The van der Waals surface area contributed by atoms with Crippen molar-refractivity contribution in [2.45, 2.75) is 13.5 Å². The van der Waals surface area contributed by atoms with Gasteiger partial charge in [0.15, 0.2) is 0 Å². The second-order valence-electron chi connectivity index (χ2n) is 6.26. The summed E-state index contributed by atoms with van der Waals surface area (Å²) < 4.78 is 67.9. The maximum atomic E-state index is 14.5. The fourth-order valence-electron chi connectivity index (χ4n) is 3.05. The van der Waals surface area contributed by atoms with Crippen LogP contribution in [0.2, 0.25) is 0 Å². The lowest BCUT2D eigenvalue weighted by Crippen LogP contribution is -2.46. The third-order valence-electron chi connectivity index (χ3n) is 4.64. The number of likely N-dealkylation sites (N-methyl/N-ethyl adjacent to an activating group) is 1. The summed E-state index contributed by atoms with van der Waals surface area (Å²) in [5.74, 6) is -7.21. The Bertz CT molecular complexity index is 796. The SMILES string of the molecule is CCN1CCN(c2ccc(CNc3c(F)c(F)nc(F)c3F)cc2F)CC1. The molecule has 0 aliphatic carbocycles. The molecule has 0 radical (unpaired) electrons. The van der Waals surface area contributed by atoms with E-state index in [2.05, 4.69) is 22.1 Å². The van der Waals surface area contributed by atoms with Gasteiger partial charge in [0, 0.05) is 32.7 Å². The van der Waals surface area contributed by atoms with Crippen molar-refractivity contribution < 1.29 is 22.0 Å². The van der Waals surface area contributed by atoms with Crippen LogP contribution in [0.4, 0.5) is 33.3 Å². The van der Waals surface area contributed by atoms with Crippen LogP contribution in [0.15, 0.2) is 18.2 Å². The van der Waals surface area contributed by atoms with Crippen molar-refractivity contribution in [3.05, 3.63) is 53.1 Å². The number of halogens is 5. The first-order valence-electron chi connectivity index (χ1n) is 8.60. The van der Waals surface area contributed by atoms with E-state index in [0.717, 1.165) is 19.6 Å². The molecule has 0 spiro atoms. The van der Waals surface area contributed by atoms with Crippen LogP contribution < -0.4 is 10.2 Å². The van der Waals surface area contributed by atoms with Crippen LogP contribution in [0.25, 0.3) is 0 Å². The molecule has 1 N–H and O–H groups in total. The van der Waals surface area contributed by atoms with Gasteiger partial charge in [-0.3, -0.25) is 0 Å². The third kappa shape index (κ3) is 4.13. The van der Waals surface area contributed by atoms with E-state index in [1.807, 2.05) is 4.90 Å². The molecular weight excluding hydrogens is 367 g/mol. The molecule has 0 saturated carbocycles. The van der Waals surface area contributed by atoms with Crippen LogP contribution in [-0.4, -0.2) is 42.6 Å². The van der Waals surface area contributed by atoms with Gasteiger partial charge in [-0.05, 0) is 24.2 Å². The van der Waals surface area contributed by atoms with E-state index >= 15 is 0 Å². The molecule has 1 saturated heterocycles. The van der Waals surface area contributed by atoms with Crippen LogP contribution in [0.3, 0.4) is 0 Å². The van der Waals surface area contributed by atoms with Gasteiger partial charge in [0.25, 0.3) is 11.9 Å². The second kappa shape index (κ2) is 8.08. The predicted octanol–water partition coefficient (Wildman–Crippen LogP) is 3.53. The van der Waals surface area contributed by atoms with E-state index in [0.29, 0.717) is 24.3 Å². The lowest BCUT2D eigenvalue weighted by Gasteiger charge is -2.35. The quantitative estimate of drug-likeness (QED) is 0.629. The molecule has 0 unspecified atom stereocenters. The van der Waals surface area contributed by atoms with E-state index in [1.54, 1.807) is 12.1 Å². The molecule has 3 rings (SSSR count). The number of nitrogens with one attached hydrogen (secondary N) is 1. The highest BCUT2D eigenvalue weighted by molar-refractivity contribution is 5.51. The maximum Gasteiger partial charge on any atom is 0.253 e. The van der Waals surface area contributed by atoms with Crippen molar-refractivity contribution in [2.24, 2.45) is 0 Å². The average Bonchev–Trinajstić information content (AvgIpc) is 2.67. The standard InChI is InChI=1S/C18H19F5N4/c1-2-26-5-7-27(8-6-26)13-4-3-11(9-12(13)19)10-24-16-14(20)17(22)25-18(23)15(16)21/h3-4,9H,2,5-8,10H2,1H3,(H,24,25). The topological polar surface area (TPSA) is 31.4 Å². The Balaban J connectivity index is 1.70. The van der Waals surface area contributed by atoms with Gasteiger partial charge in [0.2, 0.25) is 11.6 Å². The largest absolute Gasteiger partial charge is 0.376 e. The number of hydrogen-bond donors (Lipinski definition) is 1. The molecule has 0 amide bonds. The number of piperazine rings is 1. The normalized spacial score (nSPS) is 15.3. The maximum absolute atomic E-state index is 14.5. The molecule has 2 heterocycles. The summed E-state index contributed by atoms with van der Waals surface area (Å²) in [5.41, 5.74) is -0.145. The zero-order chi connectivity index (χ0) is 19.6. The molecular formula is C18H19F5N4. The Labute approximate surface area is 153 Å². The Morgan fingerprint density at radius 1 is 0.963 bits per heavy atom. The van der Waals surface area contributed by atoms with Gasteiger partial charge in [-0.1, -0.05) is 13.0 Å². The Kier molecular flexibility index (Phi) is 5.79. The molecule has 0 bridgehead atoms. The zero-order valence-corrected chi connectivity index (χ0v) is 14.7. The lowest BCUT2D eigenvalue weighted by atomic mass is 10.1. The van der Waals surface area contributed by atoms with Gasteiger partial charge in [0.05, 0.1) is 5.69 Å². The van der Waals surface area contributed by atoms with Crippen LogP contribution in [0, 0.1) is 29.3 Å². The minimum Gasteiger partial charge on any atom is -0.376 e. The molecule has 27 heavy (non-hydrogen) atoms. The van der Waals surface area contributed by atoms with Crippen molar-refractivity contribution in [1.29, 1.82) is 0 Å². The Morgan fingerprint density at radius 3 is 2.15 bits per heavy atom. The van der Waals surface area contributed by atoms with E-state index in [9.17, 15) is 22.0 Å². The Hall–Kier alpha value is -2.42. The molecule has 1 aliphatic rings. The minimum atomic E-state index is -1.75. The fraction of sp³-hybridized carbons (Fsp3) is 0.389. The Morgan fingerprint density at radius 2 is 1.59 bits per heavy atom. The van der Waals surface area contributed by atoms with Crippen molar-refractivity contribution in [3.8, 4) is 0 Å². The van der Waals surface area contributed by atoms with Gasteiger partial charge in [-0.2, -0.15) is 22.5 Å². The second-order valence-corrected chi connectivity index (χ2v) is 6.26. The van der Waals surface area contributed by atoms with E-state index in [4.69, 9.17) is 0 Å². The number of hydrogen-bond acceptors (Lipinski definition) is 4. The summed E-state index contributed by atoms with van der Waals surface area (Å²) in [4.78, 5) is 6.69. The number of anilines is 2. The van der Waals surface area contributed by atoms with Crippen molar-refractivity contribution in [3.63, 3.8) is 0 Å². The number of rotatable bonds is 5. The van der Waals surface area contributed by atoms with Gasteiger partial charge < -0.3 is 15.1 Å². The summed E-state index contributed by atoms with van der Waals surface area (Å²) in [6.45, 7) is 5.91. The zero-order valence-electron chi connectivity index (χ0n) is 14.7. The van der Waals surface area contributed by atoms with E-state index < -0.39 is 35.0 Å². The summed E-state index contributed by atoms with van der Waals surface area (Å²) >= 11 is 0. The van der Waals surface area contributed by atoms with Crippen LogP contribution in [0.5, 0.6) is 0 Å². The highest BCUT2D eigenvalue weighted by atomic mass is 19.2. The molecule has 0 atom stereocenters. The molecule has 2 aromatic rings. The molecule has 1 aromatic carbocycles.